The van der Waals surface area contributed by atoms with Crippen molar-refractivity contribution in [2.45, 2.75) is 50.3 Å². The Morgan fingerprint density at radius 3 is 2.52 bits per heavy atom. The van der Waals surface area contributed by atoms with Crippen LogP contribution in [-0.2, 0) is 14.6 Å². The average molecular weight is 412 g/mol. The summed E-state index contributed by atoms with van der Waals surface area (Å²) in [6, 6.07) is 6.45. The molecule has 0 radical (unpaired) electrons. The number of rotatable bonds is 3. The van der Waals surface area contributed by atoms with Crippen molar-refractivity contribution >= 4 is 38.6 Å². The Hall–Kier alpha value is -1.93. The van der Waals surface area contributed by atoms with E-state index in [1.54, 1.807) is 45.0 Å². The molecular weight excluding hydrogens is 390 g/mol. The van der Waals surface area contributed by atoms with E-state index < -0.39 is 27.6 Å². The van der Waals surface area contributed by atoms with E-state index in [4.69, 9.17) is 16.3 Å². The van der Waals surface area contributed by atoms with Crippen molar-refractivity contribution < 1.29 is 17.9 Å². The van der Waals surface area contributed by atoms with Crippen LogP contribution < -0.4 is 0 Å². The zero-order valence-corrected chi connectivity index (χ0v) is 17.0. The molecule has 0 spiro atoms. The highest BCUT2D eigenvalue weighted by atomic mass is 35.5. The van der Waals surface area contributed by atoms with Gasteiger partial charge in [0.1, 0.15) is 5.60 Å². The predicted octanol–water partition coefficient (Wildman–Crippen LogP) is 3.46. The molecule has 1 saturated heterocycles. The van der Waals surface area contributed by atoms with Crippen molar-refractivity contribution in [3.8, 4) is 0 Å². The minimum atomic E-state index is -3.83. The first-order valence-corrected chi connectivity index (χ1v) is 10.7. The molecule has 3 rings (SSSR count). The maximum absolute atomic E-state index is 12.9. The van der Waals surface area contributed by atoms with Crippen LogP contribution in [0.25, 0.3) is 11.0 Å². The quantitative estimate of drug-likeness (QED) is 0.768. The number of aromatic nitrogens is 2. The van der Waals surface area contributed by atoms with Gasteiger partial charge in [-0.15, -0.1) is 0 Å². The number of amides is 1. The van der Waals surface area contributed by atoms with Crippen molar-refractivity contribution in [3.05, 3.63) is 29.4 Å². The fraction of sp³-hybridized carbons (Fsp3) is 0.500. The number of fused-ring (bicyclic) bond motifs is 1. The number of ether oxygens (including phenoxy) is 1. The van der Waals surface area contributed by atoms with Crippen molar-refractivity contribution in [3.63, 3.8) is 0 Å². The zero-order chi connectivity index (χ0) is 19.8. The Bertz CT molecular complexity index is 972. The predicted molar refractivity (Wildman–Crippen MR) is 103 cm³/mol. The van der Waals surface area contributed by atoms with Gasteiger partial charge in [0.15, 0.2) is 10.2 Å². The van der Waals surface area contributed by atoms with Gasteiger partial charge in [-0.1, -0.05) is 23.7 Å². The van der Waals surface area contributed by atoms with Crippen LogP contribution in [0.15, 0.2) is 29.3 Å². The molecule has 0 N–H and O–H groups in total. The third kappa shape index (κ3) is 4.50. The summed E-state index contributed by atoms with van der Waals surface area (Å²) in [6.45, 7) is 5.79. The lowest BCUT2D eigenvalue weighted by Gasteiger charge is -2.28. The Labute approximate surface area is 163 Å². The highest BCUT2D eigenvalue weighted by Gasteiger charge is 2.36. The van der Waals surface area contributed by atoms with E-state index in [2.05, 4.69) is 9.97 Å². The fourth-order valence-corrected chi connectivity index (χ4v) is 5.10. The monoisotopic (exact) mass is 411 g/mol. The zero-order valence-electron chi connectivity index (χ0n) is 15.5. The van der Waals surface area contributed by atoms with Crippen molar-refractivity contribution in [2.24, 2.45) is 0 Å². The minimum Gasteiger partial charge on any atom is -0.444 e. The molecule has 2 heterocycles. The summed E-state index contributed by atoms with van der Waals surface area (Å²) in [5.74, 6) is -0.265. The van der Waals surface area contributed by atoms with Gasteiger partial charge in [-0.2, -0.15) is 0 Å². The van der Waals surface area contributed by atoms with E-state index in [9.17, 15) is 13.2 Å². The van der Waals surface area contributed by atoms with Crippen LogP contribution in [-0.4, -0.2) is 53.3 Å². The molecule has 1 amide bonds. The molecule has 0 saturated carbocycles. The molecule has 1 atom stereocenters. The molecule has 1 aliphatic rings. The second-order valence-corrected chi connectivity index (χ2v) is 9.87. The number of hydrogen-bond acceptors (Lipinski definition) is 6. The summed E-state index contributed by atoms with van der Waals surface area (Å²) >= 11 is 6.10. The van der Waals surface area contributed by atoms with E-state index in [-0.39, 0.29) is 15.9 Å². The summed E-state index contributed by atoms with van der Waals surface area (Å²) in [5, 5.41) is -0.408. The van der Waals surface area contributed by atoms with Gasteiger partial charge in [-0.3, -0.25) is 0 Å². The van der Waals surface area contributed by atoms with Gasteiger partial charge < -0.3 is 9.64 Å². The molecular formula is C18H22ClN3O4S. The fourth-order valence-electron chi connectivity index (χ4n) is 3.06. The van der Waals surface area contributed by atoms with E-state index in [0.29, 0.717) is 24.0 Å². The van der Waals surface area contributed by atoms with Gasteiger partial charge in [0.2, 0.25) is 9.84 Å². The maximum Gasteiger partial charge on any atom is 0.410 e. The molecule has 9 heteroatoms. The van der Waals surface area contributed by atoms with Gasteiger partial charge in [0.05, 0.1) is 16.8 Å². The highest BCUT2D eigenvalue weighted by molar-refractivity contribution is 7.91. The number of sulfone groups is 1. The van der Waals surface area contributed by atoms with Crippen molar-refractivity contribution in [1.29, 1.82) is 0 Å². The number of benzene rings is 1. The standard InChI is InChI=1S/C18H22ClN3O4S/c1-18(2,3)26-17(23)22-10-6-7-12(22)11-27(24,25)16-15(19)20-13-8-4-5-9-14(13)21-16/h4-5,8-9,12H,6-7,10-11H2,1-3H3. The van der Waals surface area contributed by atoms with E-state index in [1.165, 1.54) is 4.90 Å². The summed E-state index contributed by atoms with van der Waals surface area (Å²) in [6.07, 6.45) is 0.795. The molecule has 2 aromatic rings. The van der Waals surface area contributed by atoms with Gasteiger partial charge in [-0.25, -0.2) is 23.2 Å². The second kappa shape index (κ2) is 7.24. The van der Waals surface area contributed by atoms with Crippen LogP contribution >= 0.6 is 11.6 Å². The summed E-state index contributed by atoms with van der Waals surface area (Å²) in [5.41, 5.74) is 0.338. The SMILES string of the molecule is CC(C)(C)OC(=O)N1CCCC1CS(=O)(=O)c1nc2ccccc2nc1Cl. The first-order chi connectivity index (χ1) is 12.6. The number of carbonyl (C=O) groups is 1. The first kappa shape index (κ1) is 19.8. The Balaban J connectivity index is 1.85. The molecule has 1 unspecified atom stereocenters. The molecule has 1 aromatic heterocycles. The van der Waals surface area contributed by atoms with E-state index in [0.717, 1.165) is 6.42 Å². The number of hydrogen-bond donors (Lipinski definition) is 0. The highest BCUT2D eigenvalue weighted by Crippen LogP contribution is 2.27. The molecule has 0 aliphatic carbocycles. The van der Waals surface area contributed by atoms with Gasteiger partial charge in [-0.05, 0) is 45.7 Å². The van der Waals surface area contributed by atoms with E-state index in [1.807, 2.05) is 0 Å². The Morgan fingerprint density at radius 2 is 1.89 bits per heavy atom. The molecule has 1 aromatic carbocycles. The lowest BCUT2D eigenvalue weighted by atomic mass is 10.2. The third-order valence-corrected chi connectivity index (χ3v) is 6.28. The van der Waals surface area contributed by atoms with Gasteiger partial charge in [0, 0.05) is 12.6 Å². The summed E-state index contributed by atoms with van der Waals surface area (Å²) in [7, 11) is -3.83. The largest absolute Gasteiger partial charge is 0.444 e. The number of likely N-dealkylation sites (tertiary alicyclic amines) is 1. The third-order valence-electron chi connectivity index (χ3n) is 4.21. The van der Waals surface area contributed by atoms with Crippen LogP contribution in [0, 0.1) is 0 Å². The second-order valence-electron chi connectivity index (χ2n) is 7.56. The molecule has 1 fully saturated rings. The molecule has 27 heavy (non-hydrogen) atoms. The van der Waals surface area contributed by atoms with Crippen LogP contribution in [0.1, 0.15) is 33.6 Å². The Kier molecular flexibility index (Phi) is 5.31. The van der Waals surface area contributed by atoms with Crippen LogP contribution in [0.4, 0.5) is 4.79 Å². The Morgan fingerprint density at radius 1 is 1.26 bits per heavy atom. The molecule has 0 bridgehead atoms. The number of carbonyl (C=O) groups excluding carboxylic acids is 1. The van der Waals surface area contributed by atoms with Gasteiger partial charge >= 0.3 is 6.09 Å². The topological polar surface area (TPSA) is 89.5 Å². The van der Waals surface area contributed by atoms with Crippen molar-refractivity contribution in [1.82, 2.24) is 14.9 Å². The summed E-state index contributed by atoms with van der Waals surface area (Å²) < 4.78 is 31.3. The van der Waals surface area contributed by atoms with Crippen LogP contribution in [0.3, 0.4) is 0 Å². The molecule has 1 aliphatic heterocycles. The lowest BCUT2D eigenvalue weighted by molar-refractivity contribution is 0.0241. The van der Waals surface area contributed by atoms with Crippen LogP contribution in [0.2, 0.25) is 5.15 Å². The smallest absolute Gasteiger partial charge is 0.410 e. The number of para-hydroxylation sites is 2. The molecule has 7 nitrogen and oxygen atoms in total. The normalized spacial score (nSPS) is 18.1. The number of halogens is 1. The lowest BCUT2D eigenvalue weighted by Crippen LogP contribution is -2.42. The number of nitrogens with zero attached hydrogens (tertiary/aromatic N) is 3. The summed E-state index contributed by atoms with van der Waals surface area (Å²) in [4.78, 5) is 22.2. The minimum absolute atomic E-state index is 0.157. The van der Waals surface area contributed by atoms with E-state index >= 15 is 0 Å². The van der Waals surface area contributed by atoms with Crippen LogP contribution in [0.5, 0.6) is 0 Å². The maximum atomic E-state index is 12.9. The van der Waals surface area contributed by atoms with Gasteiger partial charge in [0.25, 0.3) is 0 Å². The molecule has 146 valence electrons. The average Bonchev–Trinajstić information content (AvgIpc) is 3.00. The van der Waals surface area contributed by atoms with Crippen molar-refractivity contribution in [2.75, 3.05) is 12.3 Å². The first-order valence-electron chi connectivity index (χ1n) is 8.71.